The molecule has 1 aliphatic rings. The van der Waals surface area contributed by atoms with Crippen molar-refractivity contribution in [2.45, 2.75) is 32.5 Å². The minimum atomic E-state index is -0.941. The first-order valence-electron chi connectivity index (χ1n) is 6.01. The van der Waals surface area contributed by atoms with Crippen LogP contribution in [0.2, 0.25) is 0 Å². The molecule has 0 spiro atoms. The SMILES string of the molecule is CC[C@H]1OB(O)c2c(OCC(C)O)ccc(I)c21. The number of rotatable bonds is 4. The molecule has 18 heavy (non-hydrogen) atoms. The van der Waals surface area contributed by atoms with Crippen molar-refractivity contribution in [2.75, 3.05) is 6.61 Å². The second-order valence-electron chi connectivity index (χ2n) is 4.42. The van der Waals surface area contributed by atoms with E-state index in [-0.39, 0.29) is 12.7 Å². The molecule has 1 heterocycles. The number of hydrogen-bond donors (Lipinski definition) is 2. The van der Waals surface area contributed by atoms with E-state index in [0.717, 1.165) is 15.6 Å². The summed E-state index contributed by atoms with van der Waals surface area (Å²) in [5.41, 5.74) is 1.71. The third kappa shape index (κ3) is 2.66. The zero-order valence-electron chi connectivity index (χ0n) is 10.4. The fourth-order valence-electron chi connectivity index (χ4n) is 2.10. The summed E-state index contributed by atoms with van der Waals surface area (Å²) in [6.45, 7) is 3.89. The van der Waals surface area contributed by atoms with Crippen LogP contribution >= 0.6 is 22.6 Å². The molecule has 1 aromatic rings. The lowest BCUT2D eigenvalue weighted by atomic mass is 9.78. The van der Waals surface area contributed by atoms with Crippen molar-refractivity contribution in [1.82, 2.24) is 0 Å². The van der Waals surface area contributed by atoms with Gasteiger partial charge in [-0.3, -0.25) is 0 Å². The predicted molar refractivity (Wildman–Crippen MR) is 78.1 cm³/mol. The lowest BCUT2D eigenvalue weighted by Gasteiger charge is -2.14. The van der Waals surface area contributed by atoms with Gasteiger partial charge in [0, 0.05) is 9.03 Å². The third-order valence-electron chi connectivity index (χ3n) is 2.91. The summed E-state index contributed by atoms with van der Waals surface area (Å²) in [5.74, 6) is 0.592. The molecule has 98 valence electrons. The molecule has 1 aliphatic heterocycles. The Hall–Kier alpha value is -0.305. The number of aliphatic hydroxyl groups is 1. The number of hydrogen-bond acceptors (Lipinski definition) is 4. The van der Waals surface area contributed by atoms with Gasteiger partial charge in [-0.05, 0) is 53.6 Å². The van der Waals surface area contributed by atoms with Crippen LogP contribution in [0.1, 0.15) is 31.9 Å². The molecule has 0 bridgehead atoms. The maximum Gasteiger partial charge on any atom is 0.495 e. The quantitative estimate of drug-likeness (QED) is 0.625. The summed E-state index contributed by atoms with van der Waals surface area (Å²) in [5, 5.41) is 19.2. The molecule has 4 nitrogen and oxygen atoms in total. The molecule has 2 N–H and O–H groups in total. The van der Waals surface area contributed by atoms with Crippen LogP contribution in [0.25, 0.3) is 0 Å². The van der Waals surface area contributed by atoms with Gasteiger partial charge in [0.1, 0.15) is 12.4 Å². The second kappa shape index (κ2) is 5.77. The molecule has 0 aromatic heterocycles. The molecular formula is C12H16BIO4. The van der Waals surface area contributed by atoms with E-state index in [4.69, 9.17) is 9.39 Å². The van der Waals surface area contributed by atoms with Crippen LogP contribution < -0.4 is 10.2 Å². The number of benzene rings is 1. The summed E-state index contributed by atoms with van der Waals surface area (Å²) in [6.07, 6.45) is 0.179. The maximum absolute atomic E-state index is 9.99. The van der Waals surface area contributed by atoms with E-state index in [1.165, 1.54) is 0 Å². The van der Waals surface area contributed by atoms with E-state index in [9.17, 15) is 10.1 Å². The van der Waals surface area contributed by atoms with Gasteiger partial charge in [-0.2, -0.15) is 0 Å². The van der Waals surface area contributed by atoms with Gasteiger partial charge < -0.3 is 19.5 Å². The van der Waals surface area contributed by atoms with Crippen molar-refractivity contribution in [1.29, 1.82) is 0 Å². The smallest absolute Gasteiger partial charge is 0.491 e. The second-order valence-corrected chi connectivity index (χ2v) is 5.58. The van der Waals surface area contributed by atoms with Gasteiger partial charge in [-0.25, -0.2) is 0 Å². The zero-order chi connectivity index (χ0) is 13.3. The number of aliphatic hydroxyl groups excluding tert-OH is 1. The van der Waals surface area contributed by atoms with Gasteiger partial charge in [-0.15, -0.1) is 0 Å². The molecule has 1 aromatic carbocycles. The number of ether oxygens (including phenoxy) is 1. The van der Waals surface area contributed by atoms with Crippen molar-refractivity contribution < 1.29 is 19.5 Å². The molecule has 0 aliphatic carbocycles. The van der Waals surface area contributed by atoms with Crippen LogP contribution in [0.15, 0.2) is 12.1 Å². The van der Waals surface area contributed by atoms with E-state index < -0.39 is 13.2 Å². The Morgan fingerprint density at radius 1 is 1.56 bits per heavy atom. The Balaban J connectivity index is 2.36. The highest BCUT2D eigenvalue weighted by atomic mass is 127. The summed E-state index contributed by atoms with van der Waals surface area (Å²) in [4.78, 5) is 0. The van der Waals surface area contributed by atoms with E-state index in [1.807, 2.05) is 19.1 Å². The Morgan fingerprint density at radius 3 is 2.89 bits per heavy atom. The minimum absolute atomic E-state index is 0.0861. The number of halogens is 1. The van der Waals surface area contributed by atoms with Crippen molar-refractivity contribution in [3.63, 3.8) is 0 Å². The molecule has 0 saturated heterocycles. The van der Waals surface area contributed by atoms with Crippen LogP contribution in [0, 0.1) is 3.57 Å². The van der Waals surface area contributed by atoms with Crippen LogP contribution in [0.4, 0.5) is 0 Å². The summed E-state index contributed by atoms with van der Waals surface area (Å²) >= 11 is 2.24. The van der Waals surface area contributed by atoms with E-state index >= 15 is 0 Å². The fourth-order valence-corrected chi connectivity index (χ4v) is 2.92. The highest BCUT2D eigenvalue weighted by molar-refractivity contribution is 14.1. The standard InChI is InChI=1S/C12H16BIO4/c1-3-9-11-8(14)4-5-10(17-6-7(2)15)12(11)13(16)18-9/h4-5,7,9,15-16H,3,6H2,1-2H3/t7?,9-/m1/s1. The first-order valence-corrected chi connectivity index (χ1v) is 7.09. The average molecular weight is 362 g/mol. The Labute approximate surface area is 121 Å². The van der Waals surface area contributed by atoms with Gasteiger partial charge >= 0.3 is 7.12 Å². The Morgan fingerprint density at radius 2 is 2.28 bits per heavy atom. The van der Waals surface area contributed by atoms with Crippen molar-refractivity contribution >= 4 is 35.2 Å². The van der Waals surface area contributed by atoms with Gasteiger partial charge in [0.2, 0.25) is 0 Å². The summed E-state index contributed by atoms with van der Waals surface area (Å²) in [6, 6.07) is 3.76. The van der Waals surface area contributed by atoms with Gasteiger partial charge in [-0.1, -0.05) is 6.92 Å². The zero-order valence-corrected chi connectivity index (χ0v) is 12.5. The number of fused-ring (bicyclic) bond motifs is 1. The monoisotopic (exact) mass is 362 g/mol. The molecule has 2 rings (SSSR count). The van der Waals surface area contributed by atoms with Crippen LogP contribution in [-0.2, 0) is 4.65 Å². The van der Waals surface area contributed by atoms with Crippen molar-refractivity contribution in [3.05, 3.63) is 21.3 Å². The molecular weight excluding hydrogens is 346 g/mol. The highest BCUT2D eigenvalue weighted by Crippen LogP contribution is 2.33. The molecule has 6 heteroatoms. The van der Waals surface area contributed by atoms with Gasteiger partial charge in [0.05, 0.1) is 12.2 Å². The molecule has 0 amide bonds. The largest absolute Gasteiger partial charge is 0.495 e. The van der Waals surface area contributed by atoms with E-state index in [0.29, 0.717) is 11.2 Å². The van der Waals surface area contributed by atoms with Crippen LogP contribution in [-0.4, -0.2) is 30.0 Å². The third-order valence-corrected chi connectivity index (χ3v) is 3.85. The van der Waals surface area contributed by atoms with E-state index in [2.05, 4.69) is 22.6 Å². The van der Waals surface area contributed by atoms with Crippen molar-refractivity contribution in [2.24, 2.45) is 0 Å². The molecule has 2 atom stereocenters. The lowest BCUT2D eigenvalue weighted by Crippen LogP contribution is -2.31. The highest BCUT2D eigenvalue weighted by Gasteiger charge is 2.38. The predicted octanol–water partition coefficient (Wildman–Crippen LogP) is 1.22. The fraction of sp³-hybridized carbons (Fsp3) is 0.500. The minimum Gasteiger partial charge on any atom is -0.491 e. The summed E-state index contributed by atoms with van der Waals surface area (Å²) in [7, 11) is -0.941. The first-order chi connectivity index (χ1) is 8.54. The van der Waals surface area contributed by atoms with Gasteiger partial charge in [0.25, 0.3) is 0 Å². The van der Waals surface area contributed by atoms with Gasteiger partial charge in [0.15, 0.2) is 0 Å². The lowest BCUT2D eigenvalue weighted by molar-refractivity contribution is 0.123. The Bertz CT molecular complexity index is 438. The topological polar surface area (TPSA) is 58.9 Å². The summed E-state index contributed by atoms with van der Waals surface area (Å²) < 4.78 is 12.1. The first kappa shape index (κ1) is 14.1. The van der Waals surface area contributed by atoms with Crippen LogP contribution in [0.5, 0.6) is 5.75 Å². The van der Waals surface area contributed by atoms with Crippen molar-refractivity contribution in [3.8, 4) is 5.75 Å². The molecule has 0 radical (unpaired) electrons. The van der Waals surface area contributed by atoms with Crippen LogP contribution in [0.3, 0.4) is 0 Å². The molecule has 0 fully saturated rings. The van der Waals surface area contributed by atoms with E-state index in [1.54, 1.807) is 6.92 Å². The maximum atomic E-state index is 9.99. The molecule has 1 unspecified atom stereocenters. The molecule has 0 saturated carbocycles. The normalized spacial score (nSPS) is 19.8. The average Bonchev–Trinajstić information content (AvgIpc) is 2.67. The Kier molecular flexibility index (Phi) is 4.52.